The normalized spacial score (nSPS) is 17.5. The minimum absolute atomic E-state index is 0.112. The third kappa shape index (κ3) is 2.55. The predicted octanol–water partition coefficient (Wildman–Crippen LogP) is 2.23. The van der Waals surface area contributed by atoms with Gasteiger partial charge in [-0.25, -0.2) is 12.7 Å². The van der Waals surface area contributed by atoms with Gasteiger partial charge in [-0.15, -0.1) is 6.42 Å². The SMILES string of the molecule is C#Cc1cccc(NC(=O)c2ccc3c(c2)S(=O)(=O)N(C2CC2)C3=O)c1. The van der Waals surface area contributed by atoms with Gasteiger partial charge in [0.15, 0.2) is 0 Å². The number of carbonyl (C=O) groups excluding carboxylic acids is 2. The molecule has 0 unspecified atom stereocenters. The lowest BCUT2D eigenvalue weighted by molar-refractivity contribution is 0.0864. The van der Waals surface area contributed by atoms with E-state index in [-0.39, 0.29) is 22.1 Å². The molecule has 1 heterocycles. The number of benzene rings is 2. The van der Waals surface area contributed by atoms with E-state index in [9.17, 15) is 18.0 Å². The van der Waals surface area contributed by atoms with E-state index in [0.717, 1.165) is 4.31 Å². The number of hydrogen-bond donors (Lipinski definition) is 1. The van der Waals surface area contributed by atoms with Crippen molar-refractivity contribution in [1.29, 1.82) is 0 Å². The van der Waals surface area contributed by atoms with Crippen molar-refractivity contribution in [3.63, 3.8) is 0 Å². The second-order valence-corrected chi connectivity index (χ2v) is 8.01. The van der Waals surface area contributed by atoms with E-state index in [0.29, 0.717) is 24.1 Å². The molecule has 1 N–H and O–H groups in total. The molecule has 2 amide bonds. The average molecular weight is 366 g/mol. The van der Waals surface area contributed by atoms with Gasteiger partial charge in [-0.3, -0.25) is 9.59 Å². The maximum atomic E-state index is 12.6. The lowest BCUT2D eigenvalue weighted by Gasteiger charge is -2.13. The summed E-state index contributed by atoms with van der Waals surface area (Å²) in [6, 6.07) is 10.6. The second kappa shape index (κ2) is 5.71. The Morgan fingerprint density at radius 2 is 1.96 bits per heavy atom. The van der Waals surface area contributed by atoms with Crippen molar-refractivity contribution in [1.82, 2.24) is 4.31 Å². The van der Waals surface area contributed by atoms with Crippen LogP contribution in [0.4, 0.5) is 5.69 Å². The lowest BCUT2D eigenvalue weighted by atomic mass is 10.1. The molecule has 2 aromatic rings. The highest BCUT2D eigenvalue weighted by molar-refractivity contribution is 7.90. The van der Waals surface area contributed by atoms with E-state index in [2.05, 4.69) is 11.2 Å². The Morgan fingerprint density at radius 3 is 2.65 bits per heavy atom. The van der Waals surface area contributed by atoms with Crippen LogP contribution in [-0.4, -0.2) is 30.6 Å². The van der Waals surface area contributed by atoms with E-state index >= 15 is 0 Å². The summed E-state index contributed by atoms with van der Waals surface area (Å²) in [5.74, 6) is 1.48. The first-order chi connectivity index (χ1) is 12.4. The molecule has 6 nitrogen and oxygen atoms in total. The van der Waals surface area contributed by atoms with E-state index < -0.39 is 21.8 Å². The van der Waals surface area contributed by atoms with Crippen molar-refractivity contribution in [2.24, 2.45) is 0 Å². The maximum absolute atomic E-state index is 12.6. The topological polar surface area (TPSA) is 83.6 Å². The second-order valence-electron chi connectivity index (χ2n) is 6.23. The van der Waals surface area contributed by atoms with Crippen LogP contribution in [0.1, 0.15) is 39.1 Å². The fourth-order valence-electron chi connectivity index (χ4n) is 2.95. The van der Waals surface area contributed by atoms with Crippen molar-refractivity contribution in [2.75, 3.05) is 5.32 Å². The fourth-order valence-corrected chi connectivity index (χ4v) is 4.79. The standard InChI is InChI=1S/C19H14N2O4S/c1-2-12-4-3-5-14(10-12)20-18(22)13-6-9-16-17(11-13)26(24,25)21(19(16)23)15-7-8-15/h1,3-6,9-11,15H,7-8H2,(H,20,22). The number of carbonyl (C=O) groups is 2. The molecule has 2 aromatic carbocycles. The summed E-state index contributed by atoms with van der Waals surface area (Å²) in [5, 5.41) is 2.68. The first-order valence-electron chi connectivity index (χ1n) is 8.02. The molecule has 1 fully saturated rings. The quantitative estimate of drug-likeness (QED) is 0.845. The van der Waals surface area contributed by atoms with Crippen molar-refractivity contribution < 1.29 is 18.0 Å². The Hall–Kier alpha value is -3.11. The number of terminal acetylenes is 1. The number of fused-ring (bicyclic) bond motifs is 1. The van der Waals surface area contributed by atoms with Gasteiger partial charge in [-0.1, -0.05) is 12.0 Å². The third-order valence-corrected chi connectivity index (χ3v) is 6.25. The highest BCUT2D eigenvalue weighted by Gasteiger charge is 2.48. The third-order valence-electron chi connectivity index (χ3n) is 4.38. The van der Waals surface area contributed by atoms with E-state index in [1.165, 1.54) is 18.2 Å². The van der Waals surface area contributed by atoms with Crippen molar-refractivity contribution >= 4 is 27.5 Å². The summed E-state index contributed by atoms with van der Waals surface area (Å²) in [5.41, 5.74) is 1.39. The minimum Gasteiger partial charge on any atom is -0.322 e. The lowest BCUT2D eigenvalue weighted by Crippen LogP contribution is -2.31. The van der Waals surface area contributed by atoms with Gasteiger partial charge >= 0.3 is 0 Å². The Kier molecular flexibility index (Phi) is 3.60. The van der Waals surface area contributed by atoms with Gasteiger partial charge in [0.25, 0.3) is 21.8 Å². The first kappa shape index (κ1) is 16.4. The smallest absolute Gasteiger partial charge is 0.269 e. The summed E-state index contributed by atoms with van der Waals surface area (Å²) in [6.07, 6.45) is 6.70. The largest absolute Gasteiger partial charge is 0.322 e. The number of amides is 2. The molecule has 1 aliphatic carbocycles. The highest BCUT2D eigenvalue weighted by atomic mass is 32.2. The van der Waals surface area contributed by atoms with Gasteiger partial charge in [-0.05, 0) is 49.2 Å². The molecule has 0 spiro atoms. The molecule has 2 aliphatic rings. The van der Waals surface area contributed by atoms with Crippen LogP contribution in [0, 0.1) is 12.3 Å². The van der Waals surface area contributed by atoms with Crippen LogP contribution in [0.2, 0.25) is 0 Å². The summed E-state index contributed by atoms with van der Waals surface area (Å²) in [7, 11) is -3.89. The van der Waals surface area contributed by atoms with Crippen LogP contribution >= 0.6 is 0 Å². The molecule has 7 heteroatoms. The van der Waals surface area contributed by atoms with Gasteiger partial charge in [-0.2, -0.15) is 0 Å². The summed E-state index contributed by atoms with van der Waals surface area (Å²) >= 11 is 0. The molecule has 0 saturated heterocycles. The molecular weight excluding hydrogens is 352 g/mol. The highest BCUT2D eigenvalue weighted by Crippen LogP contribution is 2.39. The first-order valence-corrected chi connectivity index (χ1v) is 9.46. The number of rotatable bonds is 3. The Labute approximate surface area is 150 Å². The van der Waals surface area contributed by atoms with Crippen LogP contribution in [0.3, 0.4) is 0 Å². The zero-order valence-corrected chi connectivity index (χ0v) is 14.4. The monoisotopic (exact) mass is 366 g/mol. The number of nitrogens with one attached hydrogen (secondary N) is 1. The summed E-state index contributed by atoms with van der Waals surface area (Å²) in [4.78, 5) is 24.7. The molecule has 0 bridgehead atoms. The van der Waals surface area contributed by atoms with Crippen molar-refractivity contribution in [2.45, 2.75) is 23.8 Å². The maximum Gasteiger partial charge on any atom is 0.269 e. The van der Waals surface area contributed by atoms with Gasteiger partial charge in [0.05, 0.1) is 5.56 Å². The molecule has 1 aliphatic heterocycles. The van der Waals surface area contributed by atoms with E-state index in [4.69, 9.17) is 6.42 Å². The van der Waals surface area contributed by atoms with Crippen LogP contribution < -0.4 is 5.32 Å². The van der Waals surface area contributed by atoms with Crippen molar-refractivity contribution in [3.8, 4) is 12.3 Å². The van der Waals surface area contributed by atoms with Crippen molar-refractivity contribution in [3.05, 3.63) is 59.2 Å². The molecule has 0 aromatic heterocycles. The van der Waals surface area contributed by atoms with Gasteiger partial charge in [0, 0.05) is 22.9 Å². The molecule has 1 saturated carbocycles. The fraction of sp³-hybridized carbons (Fsp3) is 0.158. The number of hydrogen-bond acceptors (Lipinski definition) is 4. The van der Waals surface area contributed by atoms with E-state index in [1.807, 2.05) is 0 Å². The minimum atomic E-state index is -3.89. The van der Waals surface area contributed by atoms with Crippen LogP contribution in [0.15, 0.2) is 47.4 Å². The summed E-state index contributed by atoms with van der Waals surface area (Å²) in [6.45, 7) is 0. The van der Waals surface area contributed by atoms with E-state index in [1.54, 1.807) is 24.3 Å². The van der Waals surface area contributed by atoms with Crippen LogP contribution in [0.5, 0.6) is 0 Å². The number of sulfonamides is 1. The molecule has 4 rings (SSSR count). The molecule has 0 atom stereocenters. The molecule has 26 heavy (non-hydrogen) atoms. The zero-order chi connectivity index (χ0) is 18.5. The average Bonchev–Trinajstić information content (AvgIpc) is 3.43. The predicted molar refractivity (Wildman–Crippen MR) is 95.1 cm³/mol. The Morgan fingerprint density at radius 1 is 1.19 bits per heavy atom. The Bertz CT molecular complexity index is 1090. The Balaban J connectivity index is 1.66. The molecule has 130 valence electrons. The molecular formula is C19H14N2O4S. The number of nitrogens with zero attached hydrogens (tertiary/aromatic N) is 1. The van der Waals surface area contributed by atoms with Crippen LogP contribution in [0.25, 0.3) is 0 Å². The van der Waals surface area contributed by atoms with Crippen LogP contribution in [-0.2, 0) is 10.0 Å². The zero-order valence-electron chi connectivity index (χ0n) is 13.6. The summed E-state index contributed by atoms with van der Waals surface area (Å²) < 4.78 is 26.2. The number of anilines is 1. The molecule has 0 radical (unpaired) electrons. The van der Waals surface area contributed by atoms with Gasteiger partial charge in [0.2, 0.25) is 0 Å². The van der Waals surface area contributed by atoms with Gasteiger partial charge < -0.3 is 5.32 Å². The van der Waals surface area contributed by atoms with Gasteiger partial charge in [0.1, 0.15) is 4.90 Å².